The lowest BCUT2D eigenvalue weighted by Gasteiger charge is -2.66. The van der Waals surface area contributed by atoms with Gasteiger partial charge in [-0.15, -0.1) is 0 Å². The molecule has 1 aromatic heterocycles. The van der Waals surface area contributed by atoms with Crippen LogP contribution in [-0.4, -0.2) is 99.8 Å². The number of fused-ring (bicyclic) bond motifs is 1. The van der Waals surface area contributed by atoms with Crippen molar-refractivity contribution in [1.29, 1.82) is 0 Å². The molecule has 0 unspecified atom stereocenters. The highest BCUT2D eigenvalue weighted by atomic mass is 16.7. The number of pyridine rings is 1. The molecular weight excluding hydrogens is 670 g/mol. The Morgan fingerprint density at radius 2 is 1.33 bits per heavy atom. The van der Waals surface area contributed by atoms with Crippen LogP contribution in [0.15, 0.2) is 54.9 Å². The maximum absolute atomic E-state index is 14.1. The number of esters is 6. The number of hydrogen-bond donors (Lipinski definition) is 1. The average Bonchev–Trinajstić information content (AvgIpc) is 3.24. The van der Waals surface area contributed by atoms with Gasteiger partial charge in [0.2, 0.25) is 0 Å². The fraction of sp³-hybridized carbons (Fsp3) is 0.528. The van der Waals surface area contributed by atoms with Gasteiger partial charge in [-0.25, -0.2) is 9.59 Å². The first-order valence-electron chi connectivity index (χ1n) is 16.3. The fourth-order valence-electron chi connectivity index (χ4n) is 8.30. The predicted molar refractivity (Wildman–Crippen MR) is 171 cm³/mol. The van der Waals surface area contributed by atoms with E-state index in [9.17, 15) is 33.9 Å². The zero-order chi connectivity index (χ0) is 37.5. The maximum Gasteiger partial charge on any atom is 0.340 e. The SMILES string of the molecule is CC(=O)OC[C@]12[C@@H](OC(=O)c3ccccc3)[C@H](OC(=O)c3cccnc3)[C@@H]3[C@@H](OC(C)=O)[C@]1(OC3(C)C)[C@@](C)(O)C[C@H](OC(C)=O)[C@@H]2OC(C)=O. The third-order valence-electron chi connectivity index (χ3n) is 9.85. The van der Waals surface area contributed by atoms with Crippen molar-refractivity contribution >= 4 is 35.8 Å². The fourth-order valence-corrected chi connectivity index (χ4v) is 8.30. The zero-order valence-corrected chi connectivity index (χ0v) is 29.3. The third kappa shape index (κ3) is 6.44. The first-order valence-corrected chi connectivity index (χ1v) is 16.3. The van der Waals surface area contributed by atoms with Crippen LogP contribution in [0, 0.1) is 11.3 Å². The van der Waals surface area contributed by atoms with Crippen LogP contribution in [0.25, 0.3) is 0 Å². The van der Waals surface area contributed by atoms with E-state index in [1.807, 2.05) is 0 Å². The van der Waals surface area contributed by atoms with Gasteiger partial charge in [0, 0.05) is 46.5 Å². The molecule has 3 fully saturated rings. The van der Waals surface area contributed by atoms with E-state index in [2.05, 4.69) is 4.98 Å². The third-order valence-corrected chi connectivity index (χ3v) is 9.85. The minimum Gasteiger partial charge on any atom is -0.465 e. The monoisotopic (exact) mass is 711 g/mol. The lowest BCUT2D eigenvalue weighted by Crippen LogP contribution is -2.85. The summed E-state index contributed by atoms with van der Waals surface area (Å²) in [6.07, 6.45) is -5.95. The van der Waals surface area contributed by atoms with Gasteiger partial charge >= 0.3 is 35.8 Å². The summed E-state index contributed by atoms with van der Waals surface area (Å²) in [6, 6.07) is 10.7. The van der Waals surface area contributed by atoms with Crippen molar-refractivity contribution in [3.8, 4) is 0 Å². The highest BCUT2D eigenvalue weighted by Crippen LogP contribution is 2.69. The molecule has 15 heteroatoms. The molecule has 2 bridgehead atoms. The van der Waals surface area contributed by atoms with Crippen LogP contribution in [-0.2, 0) is 52.3 Å². The van der Waals surface area contributed by atoms with Gasteiger partial charge in [-0.2, -0.15) is 0 Å². The summed E-state index contributed by atoms with van der Waals surface area (Å²) in [5.41, 5.74) is -8.18. The molecule has 2 heterocycles. The summed E-state index contributed by atoms with van der Waals surface area (Å²) in [4.78, 5) is 83.2. The molecule has 0 amide bonds. The number of rotatable bonds is 9. The number of carbonyl (C=O) groups is 6. The van der Waals surface area contributed by atoms with Crippen molar-refractivity contribution in [3.63, 3.8) is 0 Å². The van der Waals surface area contributed by atoms with Crippen LogP contribution < -0.4 is 0 Å². The normalized spacial score (nSPS) is 33.1. The van der Waals surface area contributed by atoms with Gasteiger partial charge in [0.15, 0.2) is 17.8 Å². The van der Waals surface area contributed by atoms with Crippen molar-refractivity contribution in [2.75, 3.05) is 6.61 Å². The van der Waals surface area contributed by atoms with Crippen LogP contribution in [0.2, 0.25) is 0 Å². The Labute approximate surface area is 293 Å². The summed E-state index contributed by atoms with van der Waals surface area (Å²) in [7, 11) is 0. The van der Waals surface area contributed by atoms with E-state index in [1.54, 1.807) is 32.0 Å². The lowest BCUT2D eigenvalue weighted by atomic mass is 9.45. The Morgan fingerprint density at radius 1 is 0.745 bits per heavy atom. The molecule has 2 saturated carbocycles. The van der Waals surface area contributed by atoms with Crippen molar-refractivity contribution in [2.24, 2.45) is 11.3 Å². The summed E-state index contributed by atoms with van der Waals surface area (Å²) >= 11 is 0. The second-order valence-corrected chi connectivity index (χ2v) is 13.8. The van der Waals surface area contributed by atoms with Crippen LogP contribution >= 0.6 is 0 Å². The molecule has 15 nitrogen and oxygen atoms in total. The Balaban J connectivity index is 1.90. The van der Waals surface area contributed by atoms with E-state index >= 15 is 0 Å². The smallest absolute Gasteiger partial charge is 0.340 e. The minimum absolute atomic E-state index is 0.00207. The molecule has 2 aromatic rings. The van der Waals surface area contributed by atoms with E-state index in [-0.39, 0.29) is 11.1 Å². The Kier molecular flexibility index (Phi) is 10.0. The topological polar surface area (TPSA) is 200 Å². The molecular formula is C36H41NO14. The summed E-state index contributed by atoms with van der Waals surface area (Å²) in [5, 5.41) is 12.7. The molecule has 0 radical (unpaired) electrons. The molecule has 5 rings (SSSR count). The molecule has 51 heavy (non-hydrogen) atoms. The molecule has 1 aromatic carbocycles. The molecule has 1 spiro atoms. The van der Waals surface area contributed by atoms with Gasteiger partial charge in [0.05, 0.1) is 28.2 Å². The molecule has 1 aliphatic heterocycles. The molecule has 9 atom stereocenters. The van der Waals surface area contributed by atoms with Gasteiger partial charge in [-0.1, -0.05) is 18.2 Å². The van der Waals surface area contributed by atoms with Crippen LogP contribution in [0.1, 0.15) is 75.6 Å². The molecule has 274 valence electrons. The summed E-state index contributed by atoms with van der Waals surface area (Å²) in [6.45, 7) is 8.07. The Bertz CT molecular complexity index is 1690. The van der Waals surface area contributed by atoms with Crippen molar-refractivity contribution in [1.82, 2.24) is 4.98 Å². The van der Waals surface area contributed by atoms with Gasteiger partial charge in [0.25, 0.3) is 0 Å². The van der Waals surface area contributed by atoms with Crippen molar-refractivity contribution in [3.05, 3.63) is 66.0 Å². The van der Waals surface area contributed by atoms with Crippen LogP contribution in [0.5, 0.6) is 0 Å². The zero-order valence-electron chi connectivity index (χ0n) is 29.3. The number of hydrogen-bond acceptors (Lipinski definition) is 15. The number of carbonyl (C=O) groups excluding carboxylic acids is 6. The number of nitrogens with zero attached hydrogens (tertiary/aromatic N) is 1. The second kappa shape index (κ2) is 13.7. The summed E-state index contributed by atoms with van der Waals surface area (Å²) in [5.74, 6) is -6.48. The minimum atomic E-state index is -2.32. The molecule has 1 saturated heterocycles. The van der Waals surface area contributed by atoms with E-state index in [0.717, 1.165) is 27.7 Å². The van der Waals surface area contributed by atoms with Crippen LogP contribution in [0.3, 0.4) is 0 Å². The van der Waals surface area contributed by atoms with Gasteiger partial charge in [-0.3, -0.25) is 24.2 Å². The average molecular weight is 712 g/mol. The summed E-state index contributed by atoms with van der Waals surface area (Å²) < 4.78 is 42.7. The molecule has 2 aliphatic carbocycles. The largest absolute Gasteiger partial charge is 0.465 e. The first-order chi connectivity index (χ1) is 23.9. The standard InChI is InChI=1S/C36H41NO14/c1-19(38)45-18-35-28(47-21(3)40)25(46-20(2)39)16-34(7,44)36(35)29(48-22(4)41)26(33(5,6)51-36)27(49-32(43)24-14-11-15-37-17-24)30(35)50-31(42)23-12-9-8-10-13-23/h8-15,17,25-30,44H,16,18H2,1-7H3/t25-,26+,27+,28-,29+,30-,34-,35-,36-/m0/s1. The number of benzene rings is 1. The Morgan fingerprint density at radius 3 is 1.90 bits per heavy atom. The number of aromatic nitrogens is 1. The van der Waals surface area contributed by atoms with Gasteiger partial charge < -0.3 is 38.3 Å². The highest BCUT2D eigenvalue weighted by molar-refractivity contribution is 5.90. The highest BCUT2D eigenvalue weighted by Gasteiger charge is 2.89. The van der Waals surface area contributed by atoms with Crippen molar-refractivity contribution < 1.29 is 67.0 Å². The van der Waals surface area contributed by atoms with Gasteiger partial charge in [0.1, 0.15) is 30.3 Å². The molecule has 1 N–H and O–H groups in total. The van der Waals surface area contributed by atoms with Crippen LogP contribution in [0.4, 0.5) is 0 Å². The quantitative estimate of drug-likeness (QED) is 0.294. The van der Waals surface area contributed by atoms with E-state index in [1.165, 1.54) is 43.6 Å². The predicted octanol–water partition coefficient (Wildman–Crippen LogP) is 2.51. The van der Waals surface area contributed by atoms with Gasteiger partial charge in [-0.05, 0) is 45.0 Å². The van der Waals surface area contributed by atoms with Crippen molar-refractivity contribution in [2.45, 2.75) is 102 Å². The van der Waals surface area contributed by atoms with E-state index in [4.69, 9.17) is 33.2 Å². The van der Waals surface area contributed by atoms with E-state index < -0.39 is 107 Å². The number of aliphatic hydroxyl groups is 1. The first kappa shape index (κ1) is 37.4. The molecule has 3 aliphatic rings. The lowest BCUT2D eigenvalue weighted by molar-refractivity contribution is -0.362. The van der Waals surface area contributed by atoms with E-state index in [0.29, 0.717) is 0 Å². The Hall–Kier alpha value is -4.89. The second-order valence-electron chi connectivity index (χ2n) is 13.8. The number of ether oxygens (including phenoxy) is 7. The maximum atomic E-state index is 14.1.